The second kappa shape index (κ2) is 8.40. The van der Waals surface area contributed by atoms with Crippen molar-refractivity contribution in [1.29, 1.82) is 0 Å². The van der Waals surface area contributed by atoms with Crippen molar-refractivity contribution in [3.05, 3.63) is 0 Å². The first-order valence-electron chi connectivity index (χ1n) is 5.63. The lowest BCUT2D eigenvalue weighted by molar-refractivity contribution is 0.254. The highest BCUT2D eigenvalue weighted by molar-refractivity contribution is 7.64. The third-order valence-electron chi connectivity index (χ3n) is 2.37. The maximum absolute atomic E-state index is 11.8. The highest BCUT2D eigenvalue weighted by Crippen LogP contribution is 2.61. The largest absolute Gasteiger partial charge is 0.476 e. The summed E-state index contributed by atoms with van der Waals surface area (Å²) in [5, 5.41) is 8.64. The molecule has 0 aliphatic carbocycles. The van der Waals surface area contributed by atoms with E-state index < -0.39 is 21.1 Å². The topological polar surface area (TPSA) is 150 Å². The van der Waals surface area contributed by atoms with Crippen molar-refractivity contribution in [2.75, 3.05) is 13.2 Å². The molecular weight excluding hydrogens is 284 g/mol. The first-order valence-corrected chi connectivity index (χ1v) is 8.81. The Labute approximate surface area is 106 Å². The zero-order valence-electron chi connectivity index (χ0n) is 10.0. The van der Waals surface area contributed by atoms with Gasteiger partial charge in [0.2, 0.25) is 0 Å². The van der Waals surface area contributed by atoms with Crippen LogP contribution in [0, 0.1) is 0 Å². The van der Waals surface area contributed by atoms with Crippen LogP contribution in [0.15, 0.2) is 0 Å². The van der Waals surface area contributed by atoms with E-state index in [1.54, 1.807) is 0 Å². The number of aliphatic hydroxyl groups is 1. The zero-order valence-corrected chi connectivity index (χ0v) is 11.8. The summed E-state index contributed by atoms with van der Waals surface area (Å²) in [7, 11) is -9.40. The van der Waals surface area contributed by atoms with Gasteiger partial charge in [0.05, 0.1) is 5.66 Å². The predicted molar refractivity (Wildman–Crippen MR) is 66.0 cm³/mol. The van der Waals surface area contributed by atoms with Gasteiger partial charge in [-0.1, -0.05) is 6.42 Å². The van der Waals surface area contributed by atoms with Crippen LogP contribution in [0.2, 0.25) is 0 Å². The molecule has 0 heterocycles. The molecule has 0 saturated heterocycles. The summed E-state index contributed by atoms with van der Waals surface area (Å²) < 4.78 is 26.4. The lowest BCUT2D eigenvalue weighted by Crippen LogP contribution is -2.13. The first-order chi connectivity index (χ1) is 8.23. The number of hydrogen-bond acceptors (Lipinski definition) is 5. The van der Waals surface area contributed by atoms with Gasteiger partial charge in [0, 0.05) is 6.61 Å². The van der Waals surface area contributed by atoms with Crippen molar-refractivity contribution in [3.63, 3.8) is 0 Å². The third kappa shape index (κ3) is 8.34. The molecule has 0 spiro atoms. The van der Waals surface area contributed by atoms with E-state index in [0.29, 0.717) is 25.8 Å². The molecule has 0 aromatic rings. The second-order valence-corrected chi connectivity index (χ2v) is 7.43. The van der Waals surface area contributed by atoms with Crippen LogP contribution in [0.25, 0.3) is 0 Å². The lowest BCUT2D eigenvalue weighted by atomic mass is 10.1. The lowest BCUT2D eigenvalue weighted by Gasteiger charge is -2.22. The highest BCUT2D eigenvalue weighted by Gasteiger charge is 2.37. The Morgan fingerprint density at radius 3 is 2.06 bits per heavy atom. The number of hydrogen-bond donors (Lipinski definition) is 5. The molecule has 0 radical (unpaired) electrons. The number of unbranched alkanes of at least 4 members (excludes halogenated alkanes) is 1. The fraction of sp³-hybridized carbons (Fsp3) is 1.00. The molecule has 0 aromatic heterocycles. The van der Waals surface area contributed by atoms with Crippen molar-refractivity contribution in [2.24, 2.45) is 5.73 Å². The van der Waals surface area contributed by atoms with E-state index in [1.165, 1.54) is 0 Å². The van der Waals surface area contributed by atoms with Crippen LogP contribution in [0.5, 0.6) is 0 Å². The van der Waals surface area contributed by atoms with E-state index >= 15 is 0 Å². The molecule has 0 aromatic carbocycles. The normalized spacial score (nSPS) is 17.4. The predicted octanol–water partition coefficient (Wildman–Crippen LogP) is 0.551. The van der Waals surface area contributed by atoms with Gasteiger partial charge in [0.15, 0.2) is 0 Å². The molecule has 0 aliphatic rings. The summed E-state index contributed by atoms with van der Waals surface area (Å²) in [4.78, 5) is 26.8. The van der Waals surface area contributed by atoms with Gasteiger partial charge >= 0.3 is 15.4 Å². The molecule has 6 N–H and O–H groups in total. The molecule has 0 rings (SSSR count). The summed E-state index contributed by atoms with van der Waals surface area (Å²) >= 11 is 0. The standard InChI is InChI=1S/C8H21NO7P2/c9-6-3-5-8(4-1-2-7-10)17(11,12)16-18(13,14)15/h8,10H,1-7,9H2,(H,11,12)(H2,13,14,15). The van der Waals surface area contributed by atoms with E-state index in [2.05, 4.69) is 4.31 Å². The van der Waals surface area contributed by atoms with E-state index in [4.69, 9.17) is 20.6 Å². The van der Waals surface area contributed by atoms with Gasteiger partial charge in [-0.25, -0.2) is 8.88 Å². The number of aliphatic hydroxyl groups excluding tert-OH is 1. The van der Waals surface area contributed by atoms with E-state index in [0.717, 1.165) is 0 Å². The summed E-state index contributed by atoms with van der Waals surface area (Å²) in [6.45, 7) is 0.269. The fourth-order valence-corrected chi connectivity index (χ4v) is 4.31. The number of rotatable bonds is 10. The van der Waals surface area contributed by atoms with Crippen LogP contribution in [-0.4, -0.2) is 38.6 Å². The molecule has 10 heteroatoms. The number of nitrogens with two attached hydrogens (primary N) is 1. The van der Waals surface area contributed by atoms with E-state index in [9.17, 15) is 14.0 Å². The van der Waals surface area contributed by atoms with Crippen molar-refractivity contribution < 1.29 is 33.2 Å². The van der Waals surface area contributed by atoms with Crippen molar-refractivity contribution in [3.8, 4) is 0 Å². The van der Waals surface area contributed by atoms with Gasteiger partial charge in [-0.05, 0) is 32.2 Å². The Morgan fingerprint density at radius 1 is 1.06 bits per heavy atom. The van der Waals surface area contributed by atoms with Gasteiger partial charge in [-0.2, -0.15) is 0 Å². The Hall–Kier alpha value is 0.220. The average Bonchev–Trinajstić information content (AvgIpc) is 2.19. The van der Waals surface area contributed by atoms with Crippen molar-refractivity contribution in [2.45, 2.75) is 37.8 Å². The van der Waals surface area contributed by atoms with Crippen molar-refractivity contribution >= 4 is 15.4 Å². The minimum Gasteiger partial charge on any atom is -0.396 e. The molecule has 18 heavy (non-hydrogen) atoms. The maximum Gasteiger partial charge on any atom is 0.476 e. The molecule has 8 nitrogen and oxygen atoms in total. The monoisotopic (exact) mass is 305 g/mol. The van der Waals surface area contributed by atoms with Crippen LogP contribution in [0.3, 0.4) is 0 Å². The molecule has 0 amide bonds. The molecule has 2 unspecified atom stereocenters. The number of phosphoric acid groups is 1. The van der Waals surface area contributed by atoms with Crippen molar-refractivity contribution in [1.82, 2.24) is 0 Å². The van der Waals surface area contributed by atoms with Crippen LogP contribution in [0.1, 0.15) is 32.1 Å². The smallest absolute Gasteiger partial charge is 0.396 e. The van der Waals surface area contributed by atoms with Crippen LogP contribution >= 0.6 is 15.4 Å². The summed E-state index contributed by atoms with van der Waals surface area (Å²) in [6, 6.07) is 0. The SMILES string of the molecule is NCCCC(CCCCO)P(=O)(O)OP(=O)(O)O. The zero-order chi connectivity index (χ0) is 14.2. The van der Waals surface area contributed by atoms with Crippen LogP contribution in [0.4, 0.5) is 0 Å². The van der Waals surface area contributed by atoms with Gasteiger partial charge in [0.25, 0.3) is 0 Å². The Morgan fingerprint density at radius 2 is 1.61 bits per heavy atom. The Bertz CT molecular complexity index is 319. The minimum atomic E-state index is -5.01. The molecular formula is C8H21NO7P2. The van der Waals surface area contributed by atoms with Gasteiger partial charge in [-0.15, -0.1) is 0 Å². The third-order valence-corrected chi connectivity index (χ3v) is 5.60. The van der Waals surface area contributed by atoms with Crippen LogP contribution < -0.4 is 5.73 Å². The van der Waals surface area contributed by atoms with E-state index in [-0.39, 0.29) is 19.4 Å². The Kier molecular flexibility index (Phi) is 8.51. The summed E-state index contributed by atoms with van der Waals surface area (Å²) in [5.74, 6) is 0. The van der Waals surface area contributed by atoms with Gasteiger partial charge in [-0.3, -0.25) is 4.57 Å². The molecule has 0 bridgehead atoms. The minimum absolute atomic E-state index is 0.0430. The van der Waals surface area contributed by atoms with Gasteiger partial charge in [0.1, 0.15) is 0 Å². The average molecular weight is 305 g/mol. The fourth-order valence-electron chi connectivity index (χ4n) is 1.53. The quantitative estimate of drug-likeness (QED) is 0.290. The molecule has 0 aliphatic heterocycles. The summed E-state index contributed by atoms with van der Waals surface area (Å²) in [5.41, 5.74) is 4.42. The molecule has 2 atom stereocenters. The second-order valence-electron chi connectivity index (χ2n) is 3.94. The molecule has 0 fully saturated rings. The van der Waals surface area contributed by atoms with Crippen LogP contribution in [-0.2, 0) is 13.4 Å². The summed E-state index contributed by atoms with van der Waals surface area (Å²) in [6.07, 6.45) is 1.87. The Balaban J connectivity index is 4.59. The van der Waals surface area contributed by atoms with E-state index in [1.807, 2.05) is 0 Å². The first kappa shape index (κ1) is 18.2. The highest BCUT2D eigenvalue weighted by atomic mass is 31.3. The molecule has 0 saturated carbocycles. The van der Waals surface area contributed by atoms with Gasteiger partial charge < -0.3 is 25.5 Å². The maximum atomic E-state index is 11.8. The molecule has 110 valence electrons.